The molecule has 0 aliphatic heterocycles. The Kier molecular flexibility index (Phi) is 2.80. The Bertz CT molecular complexity index is 599. The van der Waals surface area contributed by atoms with Crippen molar-refractivity contribution >= 4 is 5.97 Å². The molecular weight excluding hydrogens is 224 g/mol. The molecule has 6 nitrogen and oxygen atoms in total. The van der Waals surface area contributed by atoms with E-state index in [4.69, 9.17) is 5.11 Å². The predicted octanol–water partition coefficient (Wildman–Crippen LogP) is 0.284. The van der Waals surface area contributed by atoms with Gasteiger partial charge < -0.3 is 15.2 Å². The molecule has 3 N–H and O–H groups in total. The minimum absolute atomic E-state index is 0.168. The summed E-state index contributed by atoms with van der Waals surface area (Å²) in [5, 5.41) is 18.3. The monoisotopic (exact) mass is 234 g/mol. The molecule has 1 atom stereocenters. The van der Waals surface area contributed by atoms with E-state index in [0.29, 0.717) is 5.69 Å². The maximum atomic E-state index is 11.4. The highest BCUT2D eigenvalue weighted by Crippen LogP contribution is 2.20. The fourth-order valence-electron chi connectivity index (χ4n) is 1.58. The standard InChI is InChI=1S/C11H10N2O4/c14-9(10(15)16)7-3-1-2-4-8(7)13-6-5-12-11(13)17/h1-6,9,14H,(H,12,17)(H,15,16). The number of carboxylic acids is 1. The lowest BCUT2D eigenvalue weighted by Gasteiger charge is -2.11. The van der Waals surface area contributed by atoms with E-state index < -0.39 is 17.8 Å². The van der Waals surface area contributed by atoms with Gasteiger partial charge in [-0.05, 0) is 6.07 Å². The molecule has 2 rings (SSSR count). The molecule has 0 radical (unpaired) electrons. The highest BCUT2D eigenvalue weighted by Gasteiger charge is 2.20. The fraction of sp³-hybridized carbons (Fsp3) is 0.0909. The van der Waals surface area contributed by atoms with Crippen molar-refractivity contribution in [1.82, 2.24) is 9.55 Å². The number of aromatic nitrogens is 2. The third-order valence-corrected chi connectivity index (χ3v) is 2.37. The molecule has 0 saturated carbocycles. The van der Waals surface area contributed by atoms with Crippen LogP contribution < -0.4 is 5.69 Å². The zero-order valence-corrected chi connectivity index (χ0v) is 8.70. The van der Waals surface area contributed by atoms with Gasteiger partial charge in [-0.3, -0.25) is 4.57 Å². The van der Waals surface area contributed by atoms with E-state index >= 15 is 0 Å². The van der Waals surface area contributed by atoms with Gasteiger partial charge in [-0.25, -0.2) is 9.59 Å². The summed E-state index contributed by atoms with van der Waals surface area (Å²) in [6, 6.07) is 6.29. The average molecular weight is 234 g/mol. The number of para-hydroxylation sites is 1. The third-order valence-electron chi connectivity index (χ3n) is 2.37. The zero-order valence-electron chi connectivity index (χ0n) is 8.70. The molecule has 1 aromatic heterocycles. The maximum absolute atomic E-state index is 11.4. The largest absolute Gasteiger partial charge is 0.479 e. The third kappa shape index (κ3) is 1.98. The Morgan fingerprint density at radius 3 is 2.65 bits per heavy atom. The second kappa shape index (κ2) is 4.26. The van der Waals surface area contributed by atoms with Crippen LogP contribution in [-0.2, 0) is 4.79 Å². The second-order valence-electron chi connectivity index (χ2n) is 3.43. The summed E-state index contributed by atoms with van der Waals surface area (Å²) in [5.41, 5.74) is 0.116. The van der Waals surface area contributed by atoms with E-state index in [1.54, 1.807) is 18.2 Å². The Balaban J connectivity index is 2.60. The number of H-pyrrole nitrogens is 1. The van der Waals surface area contributed by atoms with Crippen molar-refractivity contribution < 1.29 is 15.0 Å². The molecule has 2 aromatic rings. The molecule has 1 heterocycles. The van der Waals surface area contributed by atoms with Crippen LogP contribution in [0.25, 0.3) is 5.69 Å². The van der Waals surface area contributed by atoms with Gasteiger partial charge in [0.15, 0.2) is 6.10 Å². The summed E-state index contributed by atoms with van der Waals surface area (Å²) in [7, 11) is 0. The van der Waals surface area contributed by atoms with E-state index in [1.165, 1.54) is 23.0 Å². The van der Waals surface area contributed by atoms with Crippen LogP contribution in [0.15, 0.2) is 41.5 Å². The van der Waals surface area contributed by atoms with Gasteiger partial charge >= 0.3 is 11.7 Å². The van der Waals surface area contributed by atoms with Crippen LogP contribution in [0.4, 0.5) is 0 Å². The van der Waals surface area contributed by atoms with Crippen molar-refractivity contribution in [3.8, 4) is 5.69 Å². The van der Waals surface area contributed by atoms with E-state index in [9.17, 15) is 14.7 Å². The van der Waals surface area contributed by atoms with Crippen molar-refractivity contribution in [2.75, 3.05) is 0 Å². The van der Waals surface area contributed by atoms with E-state index in [1.807, 2.05) is 0 Å². The van der Waals surface area contributed by atoms with Crippen molar-refractivity contribution in [1.29, 1.82) is 0 Å². The van der Waals surface area contributed by atoms with Crippen LogP contribution in [0.1, 0.15) is 11.7 Å². The number of aliphatic hydroxyl groups is 1. The molecule has 17 heavy (non-hydrogen) atoms. The Morgan fingerprint density at radius 1 is 1.35 bits per heavy atom. The molecule has 88 valence electrons. The summed E-state index contributed by atoms with van der Waals surface area (Å²) < 4.78 is 1.24. The lowest BCUT2D eigenvalue weighted by atomic mass is 10.1. The quantitative estimate of drug-likeness (QED) is 0.711. The first-order valence-corrected chi connectivity index (χ1v) is 4.87. The SMILES string of the molecule is O=C(O)C(O)c1ccccc1-n1cc[nH]c1=O. The summed E-state index contributed by atoms with van der Waals surface area (Å²) in [4.78, 5) is 24.6. The molecule has 0 saturated heterocycles. The number of carboxylic acid groups (broad SMARTS) is 1. The minimum atomic E-state index is -1.66. The molecule has 0 bridgehead atoms. The number of nitrogens with one attached hydrogen (secondary N) is 1. The number of benzene rings is 1. The lowest BCUT2D eigenvalue weighted by molar-refractivity contribution is -0.146. The van der Waals surface area contributed by atoms with Crippen LogP contribution in [0.2, 0.25) is 0 Å². The number of nitrogens with zero attached hydrogens (tertiary/aromatic N) is 1. The average Bonchev–Trinajstić information content (AvgIpc) is 2.74. The zero-order chi connectivity index (χ0) is 12.4. The molecule has 1 unspecified atom stereocenters. The van der Waals surface area contributed by atoms with Crippen LogP contribution in [0, 0.1) is 0 Å². The number of rotatable bonds is 3. The van der Waals surface area contributed by atoms with Gasteiger partial charge in [-0.2, -0.15) is 0 Å². The summed E-state index contributed by atoms with van der Waals surface area (Å²) in [6.45, 7) is 0. The molecule has 0 aliphatic carbocycles. The van der Waals surface area contributed by atoms with Gasteiger partial charge in [0.05, 0.1) is 5.69 Å². The number of aliphatic carboxylic acids is 1. The topological polar surface area (TPSA) is 95.3 Å². The maximum Gasteiger partial charge on any atom is 0.337 e. The Labute approximate surface area is 95.8 Å². The molecule has 0 aliphatic rings. The molecule has 6 heteroatoms. The molecule has 0 fully saturated rings. The van der Waals surface area contributed by atoms with Crippen molar-refractivity contribution in [3.63, 3.8) is 0 Å². The van der Waals surface area contributed by atoms with Crippen LogP contribution in [0.3, 0.4) is 0 Å². The first kappa shape index (κ1) is 11.2. The number of aliphatic hydroxyl groups excluding tert-OH is 1. The number of aromatic amines is 1. The van der Waals surface area contributed by atoms with Gasteiger partial charge in [0.1, 0.15) is 0 Å². The predicted molar refractivity (Wildman–Crippen MR) is 59.0 cm³/mol. The smallest absolute Gasteiger partial charge is 0.337 e. The van der Waals surface area contributed by atoms with E-state index in [0.717, 1.165) is 0 Å². The highest BCUT2D eigenvalue weighted by atomic mass is 16.4. The summed E-state index contributed by atoms with van der Waals surface area (Å²) in [6.07, 6.45) is 1.25. The molecular formula is C11H10N2O4. The van der Waals surface area contributed by atoms with Gasteiger partial charge in [0.2, 0.25) is 0 Å². The number of hydrogen-bond acceptors (Lipinski definition) is 3. The van der Waals surface area contributed by atoms with Crippen LogP contribution in [-0.4, -0.2) is 25.7 Å². The van der Waals surface area contributed by atoms with Crippen LogP contribution >= 0.6 is 0 Å². The summed E-state index contributed by atoms with van der Waals surface area (Å²) >= 11 is 0. The molecule has 0 spiro atoms. The second-order valence-corrected chi connectivity index (χ2v) is 3.43. The van der Waals surface area contributed by atoms with Crippen molar-refractivity contribution in [3.05, 3.63) is 52.7 Å². The number of carbonyl (C=O) groups is 1. The first-order chi connectivity index (χ1) is 8.11. The number of hydrogen-bond donors (Lipinski definition) is 3. The lowest BCUT2D eigenvalue weighted by Crippen LogP contribution is -2.19. The first-order valence-electron chi connectivity index (χ1n) is 4.87. The molecule has 0 amide bonds. The normalized spacial score (nSPS) is 12.3. The van der Waals surface area contributed by atoms with Gasteiger partial charge in [-0.15, -0.1) is 0 Å². The Hall–Kier alpha value is -2.34. The fourth-order valence-corrected chi connectivity index (χ4v) is 1.58. The summed E-state index contributed by atoms with van der Waals surface area (Å²) in [5.74, 6) is -1.36. The van der Waals surface area contributed by atoms with Gasteiger partial charge in [0, 0.05) is 18.0 Å². The van der Waals surface area contributed by atoms with Crippen LogP contribution in [0.5, 0.6) is 0 Å². The molecule has 1 aromatic carbocycles. The van der Waals surface area contributed by atoms with Crippen molar-refractivity contribution in [2.24, 2.45) is 0 Å². The highest BCUT2D eigenvalue weighted by molar-refractivity contribution is 5.75. The van der Waals surface area contributed by atoms with Gasteiger partial charge in [-0.1, -0.05) is 18.2 Å². The van der Waals surface area contributed by atoms with E-state index in [-0.39, 0.29) is 5.56 Å². The van der Waals surface area contributed by atoms with Crippen molar-refractivity contribution in [2.45, 2.75) is 6.10 Å². The number of imidazole rings is 1. The van der Waals surface area contributed by atoms with Gasteiger partial charge in [0.25, 0.3) is 0 Å². The van der Waals surface area contributed by atoms with E-state index in [2.05, 4.69) is 4.98 Å². The Morgan fingerprint density at radius 2 is 2.06 bits per heavy atom. The minimum Gasteiger partial charge on any atom is -0.479 e.